The number of piperidine rings is 1. The van der Waals surface area contributed by atoms with Gasteiger partial charge in [0.25, 0.3) is 0 Å². The van der Waals surface area contributed by atoms with E-state index in [4.69, 9.17) is 4.74 Å². The van der Waals surface area contributed by atoms with Gasteiger partial charge in [-0.15, -0.1) is 0 Å². The number of benzene rings is 1. The molecule has 2 aliphatic rings. The predicted molar refractivity (Wildman–Crippen MR) is 152 cm³/mol. The Bertz CT molecular complexity index is 1120. The summed E-state index contributed by atoms with van der Waals surface area (Å²) in [4.78, 5) is 34.2. The number of alkyl carbamates (subject to hydrolysis) is 1. The Labute approximate surface area is 230 Å². The van der Waals surface area contributed by atoms with Gasteiger partial charge < -0.3 is 25.6 Å². The third-order valence-electron chi connectivity index (χ3n) is 7.17. The zero-order valence-corrected chi connectivity index (χ0v) is 23.2. The van der Waals surface area contributed by atoms with Crippen LogP contribution in [0.25, 0.3) is 0 Å². The van der Waals surface area contributed by atoms with Crippen LogP contribution in [0, 0.1) is 16.0 Å². The highest BCUT2D eigenvalue weighted by atomic mass is 16.6. The Morgan fingerprint density at radius 1 is 1.13 bits per heavy atom. The average Bonchev–Trinajstić information content (AvgIpc) is 2.91. The summed E-state index contributed by atoms with van der Waals surface area (Å²) in [5.41, 5.74) is 1.65. The summed E-state index contributed by atoms with van der Waals surface area (Å²) >= 11 is 0. The van der Waals surface area contributed by atoms with E-state index >= 15 is 0 Å². The molecule has 2 aromatic rings. The molecule has 1 aliphatic heterocycles. The summed E-state index contributed by atoms with van der Waals surface area (Å²) in [5, 5.41) is 21.0. The topological polar surface area (TPSA) is 135 Å². The van der Waals surface area contributed by atoms with Gasteiger partial charge in [-0.2, -0.15) is 4.98 Å². The van der Waals surface area contributed by atoms with Crippen molar-refractivity contribution in [3.63, 3.8) is 0 Å². The lowest BCUT2D eigenvalue weighted by atomic mass is 9.86. The fraction of sp³-hybridized carbons (Fsp3) is 0.607. The second-order valence-electron chi connectivity index (χ2n) is 11.5. The SMILES string of the molecule is CC(C)(C)OC(=O)NC1CCC(CNc2nc(NCc3cccc(N4CCCCC4)c3)ncc2[N+](=O)[O-])CC1. The largest absolute Gasteiger partial charge is 0.444 e. The number of ether oxygens (including phenoxy) is 1. The van der Waals surface area contributed by atoms with E-state index in [2.05, 4.69) is 55.1 Å². The molecule has 11 nitrogen and oxygen atoms in total. The van der Waals surface area contributed by atoms with Crippen molar-refractivity contribution in [1.29, 1.82) is 0 Å². The number of hydrogen-bond acceptors (Lipinski definition) is 9. The normalized spacial score (nSPS) is 19.7. The van der Waals surface area contributed by atoms with E-state index in [0.717, 1.165) is 44.3 Å². The molecule has 0 bridgehead atoms. The van der Waals surface area contributed by atoms with Crippen molar-refractivity contribution >= 4 is 29.2 Å². The Balaban J connectivity index is 1.30. The summed E-state index contributed by atoms with van der Waals surface area (Å²) in [5.74, 6) is 0.885. The van der Waals surface area contributed by atoms with E-state index in [1.807, 2.05) is 20.8 Å². The van der Waals surface area contributed by atoms with E-state index in [1.54, 1.807) is 0 Å². The van der Waals surface area contributed by atoms with Crippen molar-refractivity contribution in [3.8, 4) is 0 Å². The molecule has 2 fully saturated rings. The molecular weight excluding hydrogens is 498 g/mol. The van der Waals surface area contributed by atoms with Gasteiger partial charge >= 0.3 is 11.8 Å². The summed E-state index contributed by atoms with van der Waals surface area (Å²) in [6, 6.07) is 8.51. The van der Waals surface area contributed by atoms with E-state index in [9.17, 15) is 14.9 Å². The van der Waals surface area contributed by atoms with Crippen LogP contribution >= 0.6 is 0 Å². The van der Waals surface area contributed by atoms with E-state index < -0.39 is 10.5 Å². The van der Waals surface area contributed by atoms with Gasteiger partial charge in [0, 0.05) is 37.9 Å². The van der Waals surface area contributed by atoms with Crippen LogP contribution in [-0.2, 0) is 11.3 Å². The third-order valence-corrected chi connectivity index (χ3v) is 7.17. The molecule has 0 spiro atoms. The number of nitro groups is 1. The van der Waals surface area contributed by atoms with Gasteiger partial charge in [-0.05, 0) is 89.3 Å². The number of aromatic nitrogens is 2. The number of amides is 1. The molecule has 0 unspecified atom stereocenters. The lowest BCUT2D eigenvalue weighted by molar-refractivity contribution is -0.384. The number of hydrogen-bond donors (Lipinski definition) is 3. The molecular formula is C28H41N7O4. The first-order valence-corrected chi connectivity index (χ1v) is 14.0. The molecule has 39 heavy (non-hydrogen) atoms. The van der Waals surface area contributed by atoms with Crippen LogP contribution in [0.15, 0.2) is 30.5 Å². The van der Waals surface area contributed by atoms with Gasteiger partial charge in [0.2, 0.25) is 11.8 Å². The maximum Gasteiger partial charge on any atom is 0.407 e. The van der Waals surface area contributed by atoms with Gasteiger partial charge in [-0.3, -0.25) is 10.1 Å². The lowest BCUT2D eigenvalue weighted by Gasteiger charge is -2.30. The molecule has 1 saturated carbocycles. The predicted octanol–water partition coefficient (Wildman–Crippen LogP) is 5.48. The standard InChI is InChI=1S/C28H41N7O4/c1-28(2,3)39-27(36)32-22-12-10-20(11-13-22)17-29-25-24(35(37)38)19-31-26(33-25)30-18-21-8-7-9-23(16-21)34-14-5-4-6-15-34/h7-9,16,19-20,22H,4-6,10-15,17-18H2,1-3H3,(H,32,36)(H2,29,30,31,33). The second-order valence-corrected chi connectivity index (χ2v) is 11.5. The number of carbonyl (C=O) groups is 1. The Morgan fingerprint density at radius 3 is 2.56 bits per heavy atom. The maximum absolute atomic E-state index is 12.1. The fourth-order valence-electron chi connectivity index (χ4n) is 5.15. The van der Waals surface area contributed by atoms with Crippen molar-refractivity contribution in [2.75, 3.05) is 35.2 Å². The molecule has 0 radical (unpaired) electrons. The number of anilines is 3. The second kappa shape index (κ2) is 12.9. The van der Waals surface area contributed by atoms with Crippen LogP contribution in [-0.4, -0.2) is 52.3 Å². The van der Waals surface area contributed by atoms with Gasteiger partial charge in [0.05, 0.1) is 4.92 Å². The van der Waals surface area contributed by atoms with Crippen molar-refractivity contribution in [2.24, 2.45) is 5.92 Å². The summed E-state index contributed by atoms with van der Waals surface area (Å²) in [6.45, 7) is 8.78. The Morgan fingerprint density at radius 2 is 1.87 bits per heavy atom. The number of nitrogens with one attached hydrogen (secondary N) is 3. The lowest BCUT2D eigenvalue weighted by Crippen LogP contribution is -2.41. The zero-order chi connectivity index (χ0) is 27.8. The molecule has 1 amide bonds. The van der Waals surface area contributed by atoms with Gasteiger partial charge in [-0.25, -0.2) is 9.78 Å². The average molecular weight is 540 g/mol. The van der Waals surface area contributed by atoms with E-state index in [-0.39, 0.29) is 23.6 Å². The number of carbonyl (C=O) groups excluding carboxylic acids is 1. The minimum Gasteiger partial charge on any atom is -0.444 e. The van der Waals surface area contributed by atoms with Crippen LogP contribution in [0.3, 0.4) is 0 Å². The quantitative estimate of drug-likeness (QED) is 0.279. The summed E-state index contributed by atoms with van der Waals surface area (Å²) in [7, 11) is 0. The molecule has 0 atom stereocenters. The molecule has 3 N–H and O–H groups in total. The minimum absolute atomic E-state index is 0.0775. The fourth-order valence-corrected chi connectivity index (χ4v) is 5.15. The first-order chi connectivity index (χ1) is 18.7. The van der Waals surface area contributed by atoms with Gasteiger partial charge in [0.1, 0.15) is 11.8 Å². The summed E-state index contributed by atoms with van der Waals surface area (Å²) < 4.78 is 5.35. The van der Waals surface area contributed by atoms with Crippen molar-refractivity contribution < 1.29 is 14.5 Å². The smallest absolute Gasteiger partial charge is 0.407 e. The molecule has 212 valence electrons. The zero-order valence-electron chi connectivity index (χ0n) is 23.2. The van der Waals surface area contributed by atoms with Crippen molar-refractivity contribution in [1.82, 2.24) is 15.3 Å². The van der Waals surface area contributed by atoms with Gasteiger partial charge in [0.15, 0.2) is 0 Å². The highest BCUT2D eigenvalue weighted by Gasteiger charge is 2.26. The maximum atomic E-state index is 12.1. The van der Waals surface area contributed by atoms with E-state index in [0.29, 0.717) is 25.0 Å². The Kier molecular flexibility index (Phi) is 9.42. The first kappa shape index (κ1) is 28.4. The van der Waals surface area contributed by atoms with Crippen LogP contribution in [0.5, 0.6) is 0 Å². The highest BCUT2D eigenvalue weighted by molar-refractivity contribution is 5.68. The Hall–Kier alpha value is -3.63. The third kappa shape index (κ3) is 8.69. The van der Waals surface area contributed by atoms with Crippen LogP contribution in [0.1, 0.15) is 71.3 Å². The summed E-state index contributed by atoms with van der Waals surface area (Å²) in [6.07, 6.45) is 8.05. The molecule has 4 rings (SSSR count). The molecule has 1 aromatic carbocycles. The number of rotatable bonds is 9. The number of nitrogens with zero attached hydrogens (tertiary/aromatic N) is 4. The van der Waals surface area contributed by atoms with Gasteiger partial charge in [-0.1, -0.05) is 12.1 Å². The molecule has 11 heteroatoms. The monoisotopic (exact) mass is 539 g/mol. The van der Waals surface area contributed by atoms with Crippen LogP contribution in [0.4, 0.5) is 27.9 Å². The molecule has 2 heterocycles. The van der Waals surface area contributed by atoms with Crippen molar-refractivity contribution in [2.45, 2.75) is 83.9 Å². The van der Waals surface area contributed by atoms with E-state index in [1.165, 1.54) is 31.1 Å². The minimum atomic E-state index is -0.526. The van der Waals surface area contributed by atoms with Crippen LogP contribution in [0.2, 0.25) is 0 Å². The molecule has 1 aromatic heterocycles. The first-order valence-electron chi connectivity index (χ1n) is 14.0. The van der Waals surface area contributed by atoms with Crippen molar-refractivity contribution in [3.05, 3.63) is 46.1 Å². The molecule has 1 aliphatic carbocycles. The molecule has 1 saturated heterocycles. The highest BCUT2D eigenvalue weighted by Crippen LogP contribution is 2.28. The van der Waals surface area contributed by atoms with Crippen LogP contribution < -0.4 is 20.9 Å².